The Labute approximate surface area is 194 Å². The first-order valence-electron chi connectivity index (χ1n) is 9.87. The molecule has 0 aromatic carbocycles. The molecule has 0 unspecified atom stereocenters. The molecule has 1 saturated heterocycles. The van der Waals surface area contributed by atoms with Gasteiger partial charge in [0.05, 0.1) is 12.0 Å². The van der Waals surface area contributed by atoms with Crippen molar-refractivity contribution in [1.29, 1.82) is 0 Å². The number of nitrogens with one attached hydrogen (secondary N) is 1. The number of hydrogen-bond donors (Lipinski definition) is 1. The molecule has 2 aromatic rings. The van der Waals surface area contributed by atoms with Crippen LogP contribution >= 0.6 is 24.0 Å². The number of halogens is 1. The molecule has 1 fully saturated rings. The Kier molecular flexibility index (Phi) is 9.62. The quantitative estimate of drug-likeness (QED) is 0.305. The third kappa shape index (κ3) is 7.27. The van der Waals surface area contributed by atoms with E-state index in [1.807, 2.05) is 12.1 Å². The fraction of sp³-hybridized carbons (Fsp3) is 0.579. The van der Waals surface area contributed by atoms with E-state index in [0.717, 1.165) is 18.1 Å². The molecule has 3 heterocycles. The summed E-state index contributed by atoms with van der Waals surface area (Å²) in [6, 6.07) is 5.40. The number of furan rings is 1. The van der Waals surface area contributed by atoms with Gasteiger partial charge < -0.3 is 19.2 Å². The molecule has 9 nitrogen and oxygen atoms in total. The molecular formula is C19H30IN5O4S. The summed E-state index contributed by atoms with van der Waals surface area (Å²) in [7, 11) is -3.42. The lowest BCUT2D eigenvalue weighted by Crippen LogP contribution is -2.54. The third-order valence-electron chi connectivity index (χ3n) is 4.59. The molecular weight excluding hydrogens is 521 g/mol. The van der Waals surface area contributed by atoms with E-state index < -0.39 is 10.0 Å². The Balaban J connectivity index is 0.00000320. The maximum Gasteiger partial charge on any atom is 0.220 e. The van der Waals surface area contributed by atoms with E-state index in [4.69, 9.17) is 13.9 Å². The van der Waals surface area contributed by atoms with Gasteiger partial charge in [-0.15, -0.1) is 24.0 Å². The largest absolute Gasteiger partial charge is 0.469 e. The summed E-state index contributed by atoms with van der Waals surface area (Å²) < 4.78 is 36.9. The van der Waals surface area contributed by atoms with Gasteiger partial charge in [-0.1, -0.05) is 19.0 Å². The van der Waals surface area contributed by atoms with Crippen molar-refractivity contribution in [2.45, 2.75) is 26.0 Å². The second-order valence-electron chi connectivity index (χ2n) is 7.45. The SMILES string of the molecule is CC(C)CN=C(NCCc1ccco1)N1CCN(S(=O)(=O)Cc2ccon2)CC1.I. The van der Waals surface area contributed by atoms with Crippen LogP contribution in [0.3, 0.4) is 0 Å². The van der Waals surface area contributed by atoms with Gasteiger partial charge in [-0.2, -0.15) is 4.31 Å². The van der Waals surface area contributed by atoms with Gasteiger partial charge in [0.25, 0.3) is 0 Å². The van der Waals surface area contributed by atoms with E-state index in [1.165, 1.54) is 10.6 Å². The van der Waals surface area contributed by atoms with Crippen molar-refractivity contribution in [2.75, 3.05) is 39.3 Å². The van der Waals surface area contributed by atoms with Gasteiger partial charge in [-0.05, 0) is 18.1 Å². The Morgan fingerprint density at radius 2 is 2.00 bits per heavy atom. The summed E-state index contributed by atoms with van der Waals surface area (Å²) in [4.78, 5) is 6.84. The Morgan fingerprint density at radius 3 is 2.60 bits per heavy atom. The van der Waals surface area contributed by atoms with Crippen molar-refractivity contribution >= 4 is 40.0 Å². The van der Waals surface area contributed by atoms with Crippen LogP contribution in [0, 0.1) is 5.92 Å². The molecule has 168 valence electrons. The molecule has 0 spiro atoms. The lowest BCUT2D eigenvalue weighted by Gasteiger charge is -2.36. The van der Waals surface area contributed by atoms with Gasteiger partial charge in [0.15, 0.2) is 5.96 Å². The Morgan fingerprint density at radius 1 is 1.23 bits per heavy atom. The maximum atomic E-state index is 12.6. The molecule has 0 radical (unpaired) electrons. The molecule has 2 aromatic heterocycles. The maximum absolute atomic E-state index is 12.6. The molecule has 0 bridgehead atoms. The number of hydrogen-bond acceptors (Lipinski definition) is 6. The summed E-state index contributed by atoms with van der Waals surface area (Å²) in [5, 5.41) is 7.11. The highest BCUT2D eigenvalue weighted by Crippen LogP contribution is 2.13. The highest BCUT2D eigenvalue weighted by Gasteiger charge is 2.29. The van der Waals surface area contributed by atoms with Crippen LogP contribution in [-0.4, -0.2) is 68.0 Å². The number of aromatic nitrogens is 1. The number of sulfonamides is 1. The van der Waals surface area contributed by atoms with E-state index >= 15 is 0 Å². The lowest BCUT2D eigenvalue weighted by molar-refractivity contribution is 0.259. The summed E-state index contributed by atoms with van der Waals surface area (Å²) >= 11 is 0. The fourth-order valence-electron chi connectivity index (χ4n) is 3.06. The molecule has 1 aliphatic heterocycles. The monoisotopic (exact) mass is 551 g/mol. The number of guanidine groups is 1. The van der Waals surface area contributed by atoms with Crippen molar-refractivity contribution in [3.8, 4) is 0 Å². The topological polar surface area (TPSA) is 104 Å². The van der Waals surface area contributed by atoms with Gasteiger partial charge in [0, 0.05) is 51.8 Å². The van der Waals surface area contributed by atoms with Gasteiger partial charge in [-0.25, -0.2) is 8.42 Å². The van der Waals surface area contributed by atoms with Crippen LogP contribution in [0.15, 0.2) is 44.7 Å². The van der Waals surface area contributed by atoms with Crippen LogP contribution in [-0.2, 0) is 22.2 Å². The van der Waals surface area contributed by atoms with Crippen LogP contribution in [0.5, 0.6) is 0 Å². The van der Waals surface area contributed by atoms with Crippen LogP contribution in [0.4, 0.5) is 0 Å². The first kappa shape index (κ1) is 24.7. The van der Waals surface area contributed by atoms with Gasteiger partial charge in [0.1, 0.15) is 17.8 Å². The highest BCUT2D eigenvalue weighted by atomic mass is 127. The number of aliphatic imine (C=N–C) groups is 1. The van der Waals surface area contributed by atoms with Gasteiger partial charge in [-0.3, -0.25) is 4.99 Å². The van der Waals surface area contributed by atoms with E-state index in [1.54, 1.807) is 12.3 Å². The van der Waals surface area contributed by atoms with E-state index in [9.17, 15) is 8.42 Å². The average Bonchev–Trinajstić information content (AvgIpc) is 3.38. The van der Waals surface area contributed by atoms with Crippen molar-refractivity contribution in [3.05, 3.63) is 42.2 Å². The Hall–Kier alpha value is -1.60. The van der Waals surface area contributed by atoms with Crippen molar-refractivity contribution in [1.82, 2.24) is 19.7 Å². The van der Waals surface area contributed by atoms with E-state index in [0.29, 0.717) is 50.9 Å². The minimum absolute atomic E-state index is 0. The minimum atomic E-state index is -3.42. The molecule has 1 aliphatic rings. The average molecular weight is 551 g/mol. The number of piperazine rings is 1. The highest BCUT2D eigenvalue weighted by molar-refractivity contribution is 14.0. The Bertz CT molecular complexity index is 861. The zero-order chi connectivity index (χ0) is 20.7. The molecule has 11 heteroatoms. The van der Waals surface area contributed by atoms with Crippen LogP contribution in [0.25, 0.3) is 0 Å². The third-order valence-corrected chi connectivity index (χ3v) is 6.41. The lowest BCUT2D eigenvalue weighted by atomic mass is 10.2. The zero-order valence-corrected chi connectivity index (χ0v) is 20.5. The second kappa shape index (κ2) is 11.7. The summed E-state index contributed by atoms with van der Waals surface area (Å²) in [6.07, 6.45) is 3.82. The van der Waals surface area contributed by atoms with Crippen molar-refractivity contribution in [2.24, 2.45) is 10.9 Å². The van der Waals surface area contributed by atoms with Crippen molar-refractivity contribution < 1.29 is 17.4 Å². The molecule has 3 rings (SSSR count). The minimum Gasteiger partial charge on any atom is -0.469 e. The van der Waals surface area contributed by atoms with Gasteiger partial charge in [0.2, 0.25) is 10.0 Å². The van der Waals surface area contributed by atoms with Gasteiger partial charge >= 0.3 is 0 Å². The number of rotatable bonds is 8. The molecule has 1 N–H and O–H groups in total. The molecule has 30 heavy (non-hydrogen) atoms. The molecule has 0 saturated carbocycles. The normalized spacial score (nSPS) is 16.0. The zero-order valence-electron chi connectivity index (χ0n) is 17.4. The predicted octanol–water partition coefficient (Wildman–Crippen LogP) is 2.18. The van der Waals surface area contributed by atoms with E-state index in [-0.39, 0.29) is 29.7 Å². The molecule has 0 aliphatic carbocycles. The molecule has 0 amide bonds. The van der Waals surface area contributed by atoms with Crippen molar-refractivity contribution in [3.63, 3.8) is 0 Å². The number of nitrogens with zero attached hydrogens (tertiary/aromatic N) is 4. The second-order valence-corrected chi connectivity index (χ2v) is 9.42. The standard InChI is InChI=1S/C19H29N5O4S.HI/c1-16(2)14-21-19(20-7-5-18-4-3-12-27-18)23-8-10-24(11-9-23)29(25,26)15-17-6-13-28-22-17;/h3-4,6,12-13,16H,5,7-11,14-15H2,1-2H3,(H,20,21);1H. The van der Waals surface area contributed by atoms with Crippen LogP contribution in [0.1, 0.15) is 25.3 Å². The first-order chi connectivity index (χ1) is 13.9. The summed E-state index contributed by atoms with van der Waals surface area (Å²) in [5.41, 5.74) is 0.422. The van der Waals surface area contributed by atoms with E-state index in [2.05, 4.69) is 29.2 Å². The fourth-order valence-corrected chi connectivity index (χ4v) is 4.48. The van der Waals surface area contributed by atoms with Crippen LogP contribution in [0.2, 0.25) is 0 Å². The summed E-state index contributed by atoms with van der Waals surface area (Å²) in [6.45, 7) is 7.67. The molecule has 0 atom stereocenters. The summed E-state index contributed by atoms with van der Waals surface area (Å²) in [5.74, 6) is 2.04. The van der Waals surface area contributed by atoms with Crippen LogP contribution < -0.4 is 5.32 Å². The smallest absolute Gasteiger partial charge is 0.220 e. The first-order valence-corrected chi connectivity index (χ1v) is 11.5. The predicted molar refractivity (Wildman–Crippen MR) is 125 cm³/mol.